The molecule has 3 aliphatic heterocycles. The second-order valence-electron chi connectivity index (χ2n) is 11.5. The number of carbonyl (C=O) groups is 1. The van der Waals surface area contributed by atoms with Crippen molar-refractivity contribution in [2.45, 2.75) is 62.5 Å². The van der Waals surface area contributed by atoms with Gasteiger partial charge in [0.05, 0.1) is 10.3 Å². The molecule has 0 amide bonds. The highest BCUT2D eigenvalue weighted by Gasteiger charge is 2.54. The van der Waals surface area contributed by atoms with E-state index in [1.165, 1.54) is 0 Å². The number of piperidine rings is 2. The molecule has 3 aromatic rings. The number of benzene rings is 3. The number of sulfonamides is 1. The van der Waals surface area contributed by atoms with Crippen LogP contribution in [-0.2, 0) is 19.6 Å². The van der Waals surface area contributed by atoms with Gasteiger partial charge in [-0.2, -0.15) is 4.31 Å². The molecule has 37 heavy (non-hydrogen) atoms. The first kappa shape index (κ1) is 26.4. The van der Waals surface area contributed by atoms with Crippen LogP contribution >= 0.6 is 12.4 Å². The number of fused-ring (bicyclic) bond motifs is 2. The number of hydrogen-bond donors (Lipinski definition) is 0. The largest absolute Gasteiger partial charge is 0.459 e. The zero-order valence-electron chi connectivity index (χ0n) is 21.5. The molecule has 0 saturated carbocycles. The quantitative estimate of drug-likeness (QED) is 0.328. The second kappa shape index (κ2) is 9.53. The Balaban J connectivity index is 0.00000280. The fourth-order valence-electron chi connectivity index (χ4n) is 6.90. The smallest absolute Gasteiger partial charge is 0.314 e. The van der Waals surface area contributed by atoms with E-state index >= 15 is 0 Å². The Morgan fingerprint density at radius 3 is 2.08 bits per heavy atom. The van der Waals surface area contributed by atoms with Gasteiger partial charge in [0.1, 0.15) is 5.60 Å². The van der Waals surface area contributed by atoms with Crippen LogP contribution in [0.2, 0.25) is 0 Å². The number of halogens is 1. The number of esters is 1. The van der Waals surface area contributed by atoms with E-state index in [4.69, 9.17) is 4.74 Å². The molecule has 8 heteroatoms. The van der Waals surface area contributed by atoms with Crippen molar-refractivity contribution in [1.82, 2.24) is 9.21 Å². The lowest BCUT2D eigenvalue weighted by molar-refractivity contribution is -0.154. The SMILES string of the molecule is CC1(C)CC2(CCCN(C3CCN(S(=O)(=O)c4c5ccccc5cc5ccccc45)CC3)C2)C(=O)O1.Cl. The maximum absolute atomic E-state index is 14.1. The van der Waals surface area contributed by atoms with Gasteiger partial charge in [0.25, 0.3) is 0 Å². The lowest BCUT2D eigenvalue weighted by Crippen LogP contribution is -2.53. The van der Waals surface area contributed by atoms with E-state index in [1.807, 2.05) is 62.4 Å². The summed E-state index contributed by atoms with van der Waals surface area (Å²) >= 11 is 0. The lowest BCUT2D eigenvalue weighted by Gasteiger charge is -2.44. The normalized spacial score (nSPS) is 25.4. The van der Waals surface area contributed by atoms with E-state index in [0.717, 1.165) is 66.7 Å². The minimum absolute atomic E-state index is 0. The molecule has 3 aromatic carbocycles. The van der Waals surface area contributed by atoms with Gasteiger partial charge in [0.2, 0.25) is 10.0 Å². The molecule has 198 valence electrons. The molecule has 3 fully saturated rings. The van der Waals surface area contributed by atoms with Crippen molar-refractivity contribution in [2.75, 3.05) is 26.2 Å². The zero-order chi connectivity index (χ0) is 25.1. The van der Waals surface area contributed by atoms with E-state index in [1.54, 1.807) is 4.31 Å². The fourth-order valence-corrected chi connectivity index (χ4v) is 8.78. The molecular weight excluding hydrogens is 508 g/mol. The molecule has 0 N–H and O–H groups in total. The van der Waals surface area contributed by atoms with E-state index in [9.17, 15) is 13.2 Å². The van der Waals surface area contributed by atoms with Crippen LogP contribution in [0.3, 0.4) is 0 Å². The van der Waals surface area contributed by atoms with Crippen LogP contribution in [0.25, 0.3) is 21.5 Å². The molecule has 1 atom stereocenters. The lowest BCUT2D eigenvalue weighted by atomic mass is 9.74. The average Bonchev–Trinajstić information content (AvgIpc) is 3.08. The van der Waals surface area contributed by atoms with Crippen LogP contribution in [0.1, 0.15) is 46.0 Å². The van der Waals surface area contributed by atoms with Crippen LogP contribution < -0.4 is 0 Å². The predicted octanol–water partition coefficient (Wildman–Crippen LogP) is 5.38. The van der Waals surface area contributed by atoms with Crippen molar-refractivity contribution in [3.05, 3.63) is 54.6 Å². The molecule has 0 aromatic heterocycles. The summed E-state index contributed by atoms with van der Waals surface area (Å²) in [5, 5.41) is 3.43. The average molecular weight is 543 g/mol. The predicted molar refractivity (Wildman–Crippen MR) is 149 cm³/mol. The number of nitrogens with zero attached hydrogens (tertiary/aromatic N) is 2. The summed E-state index contributed by atoms with van der Waals surface area (Å²) in [6.07, 6.45) is 4.17. The van der Waals surface area contributed by atoms with E-state index in [-0.39, 0.29) is 24.4 Å². The summed E-state index contributed by atoms with van der Waals surface area (Å²) in [5.74, 6) is -0.0555. The standard InChI is InChI=1S/C29H34N2O4S.ClH/c1-28(2)19-29(27(32)35-28)14-7-15-30(20-29)23-12-16-31(17-13-23)36(33,34)26-24-10-5-3-8-21(24)18-22-9-4-6-11-25(22)26;/h3-6,8-11,18,23H,7,12-17,19-20H2,1-2H3;1H. The first-order valence-corrected chi connectivity index (χ1v) is 14.5. The Kier molecular flexibility index (Phi) is 6.80. The number of carbonyl (C=O) groups excluding carboxylic acids is 1. The molecule has 1 unspecified atom stereocenters. The molecule has 0 bridgehead atoms. The van der Waals surface area contributed by atoms with Gasteiger partial charge in [-0.15, -0.1) is 12.4 Å². The fraction of sp³-hybridized carbons (Fsp3) is 0.483. The summed E-state index contributed by atoms with van der Waals surface area (Å²) in [5.41, 5.74) is -0.814. The Morgan fingerprint density at radius 2 is 1.51 bits per heavy atom. The third kappa shape index (κ3) is 4.54. The topological polar surface area (TPSA) is 66.9 Å². The second-order valence-corrected chi connectivity index (χ2v) is 13.3. The van der Waals surface area contributed by atoms with Gasteiger partial charge in [-0.1, -0.05) is 48.5 Å². The summed E-state index contributed by atoms with van der Waals surface area (Å²) in [4.78, 5) is 15.7. The van der Waals surface area contributed by atoms with Crippen molar-refractivity contribution in [2.24, 2.45) is 5.41 Å². The molecule has 3 saturated heterocycles. The van der Waals surface area contributed by atoms with E-state index in [0.29, 0.717) is 18.0 Å². The van der Waals surface area contributed by atoms with E-state index in [2.05, 4.69) is 11.0 Å². The number of hydrogen-bond acceptors (Lipinski definition) is 5. The molecule has 0 radical (unpaired) electrons. The van der Waals surface area contributed by atoms with Crippen molar-refractivity contribution >= 4 is 49.9 Å². The Labute approximate surface area is 225 Å². The Hall–Kier alpha value is -2.19. The number of likely N-dealkylation sites (tertiary alicyclic amines) is 1. The number of ether oxygens (including phenoxy) is 1. The summed E-state index contributed by atoms with van der Waals surface area (Å²) in [6.45, 7) is 6.66. The Bertz CT molecular complexity index is 1390. The summed E-state index contributed by atoms with van der Waals surface area (Å²) in [7, 11) is -3.68. The molecule has 3 heterocycles. The van der Waals surface area contributed by atoms with Gasteiger partial charge in [-0.25, -0.2) is 8.42 Å². The van der Waals surface area contributed by atoms with Gasteiger partial charge in [-0.3, -0.25) is 9.69 Å². The van der Waals surface area contributed by atoms with Crippen LogP contribution in [0.5, 0.6) is 0 Å². The van der Waals surface area contributed by atoms with Gasteiger partial charge in [0.15, 0.2) is 0 Å². The monoisotopic (exact) mass is 542 g/mol. The van der Waals surface area contributed by atoms with Crippen LogP contribution in [0.4, 0.5) is 0 Å². The summed E-state index contributed by atoms with van der Waals surface area (Å²) < 4.78 is 35.5. The van der Waals surface area contributed by atoms with Gasteiger partial charge < -0.3 is 4.74 Å². The van der Waals surface area contributed by atoms with Gasteiger partial charge in [0, 0.05) is 42.9 Å². The highest BCUT2D eigenvalue weighted by molar-refractivity contribution is 7.89. The van der Waals surface area contributed by atoms with E-state index < -0.39 is 21.0 Å². The van der Waals surface area contributed by atoms with Gasteiger partial charge in [-0.05, 0) is 62.9 Å². The maximum atomic E-state index is 14.1. The minimum Gasteiger partial charge on any atom is -0.459 e. The third-order valence-corrected chi connectivity index (χ3v) is 10.4. The van der Waals surface area contributed by atoms with Crippen LogP contribution in [-0.4, -0.2) is 61.4 Å². The number of cyclic esters (lactones) is 1. The Morgan fingerprint density at radius 1 is 0.919 bits per heavy atom. The van der Waals surface area contributed by atoms with Crippen molar-refractivity contribution in [1.29, 1.82) is 0 Å². The molecule has 0 aliphatic carbocycles. The van der Waals surface area contributed by atoms with Gasteiger partial charge >= 0.3 is 5.97 Å². The summed E-state index contributed by atoms with van der Waals surface area (Å²) in [6, 6.07) is 17.9. The van der Waals surface area contributed by atoms with Crippen molar-refractivity contribution in [3.63, 3.8) is 0 Å². The minimum atomic E-state index is -3.68. The number of rotatable bonds is 3. The molecule has 6 nitrogen and oxygen atoms in total. The van der Waals surface area contributed by atoms with Crippen LogP contribution in [0.15, 0.2) is 59.5 Å². The zero-order valence-corrected chi connectivity index (χ0v) is 23.1. The first-order chi connectivity index (χ1) is 17.2. The molecular formula is C29H35ClN2O4S. The third-order valence-electron chi connectivity index (χ3n) is 8.43. The highest BCUT2D eigenvalue weighted by atomic mass is 35.5. The maximum Gasteiger partial charge on any atom is 0.314 e. The molecule has 3 aliphatic rings. The highest BCUT2D eigenvalue weighted by Crippen LogP contribution is 2.47. The first-order valence-electron chi connectivity index (χ1n) is 13.1. The van der Waals surface area contributed by atoms with Crippen molar-refractivity contribution < 1.29 is 17.9 Å². The van der Waals surface area contributed by atoms with Crippen LogP contribution in [0, 0.1) is 5.41 Å². The van der Waals surface area contributed by atoms with Crippen molar-refractivity contribution in [3.8, 4) is 0 Å². The molecule has 1 spiro atoms. The molecule has 6 rings (SSSR count).